The molecule has 14 nitrogen and oxygen atoms in total. The maximum Gasteiger partial charge on any atom is 0.295 e. The monoisotopic (exact) mass is 684 g/mol. The first-order valence-electron chi connectivity index (χ1n) is 13.8. The molecular formula is C32H24N6O8S2. The zero-order chi connectivity index (χ0) is 34.4. The summed E-state index contributed by atoms with van der Waals surface area (Å²) >= 11 is 0. The number of anilines is 2. The average molecular weight is 685 g/mol. The van der Waals surface area contributed by atoms with Crippen molar-refractivity contribution in [3.05, 3.63) is 97.1 Å². The Bertz CT molecular complexity index is 2360. The fraction of sp³-hybridized carbons (Fsp3) is 0. The third-order valence-corrected chi connectivity index (χ3v) is 9.22. The third kappa shape index (κ3) is 6.10. The molecule has 8 N–H and O–H groups in total. The first-order valence-corrected chi connectivity index (χ1v) is 16.7. The summed E-state index contributed by atoms with van der Waals surface area (Å²) in [7, 11) is -9.17. The number of nitrogen functional groups attached to an aromatic ring is 2. The lowest BCUT2D eigenvalue weighted by Crippen LogP contribution is -1.99. The molecule has 16 heteroatoms. The Balaban J connectivity index is 1.25. The number of azo groups is 2. The summed E-state index contributed by atoms with van der Waals surface area (Å²) in [4.78, 5) is -0.815. The number of phenols is 2. The second-order valence-corrected chi connectivity index (χ2v) is 13.2. The van der Waals surface area contributed by atoms with Crippen LogP contribution in [0.5, 0.6) is 11.5 Å². The molecule has 0 radical (unpaired) electrons. The van der Waals surface area contributed by atoms with E-state index in [1.165, 1.54) is 24.3 Å². The van der Waals surface area contributed by atoms with Crippen LogP contribution in [0.4, 0.5) is 34.1 Å². The van der Waals surface area contributed by atoms with Crippen LogP contribution in [0, 0.1) is 0 Å². The molecule has 0 bridgehead atoms. The Hall–Kier alpha value is -5.94. The maximum absolute atomic E-state index is 11.8. The molecule has 0 spiro atoms. The Morgan fingerprint density at radius 1 is 0.458 bits per heavy atom. The van der Waals surface area contributed by atoms with E-state index in [4.69, 9.17) is 11.5 Å². The molecule has 0 saturated heterocycles. The van der Waals surface area contributed by atoms with Gasteiger partial charge in [-0.1, -0.05) is 36.4 Å². The molecule has 0 amide bonds. The molecule has 6 aromatic carbocycles. The Morgan fingerprint density at radius 2 is 0.812 bits per heavy atom. The van der Waals surface area contributed by atoms with Crippen molar-refractivity contribution in [2.75, 3.05) is 11.5 Å². The van der Waals surface area contributed by atoms with Crippen molar-refractivity contribution < 1.29 is 36.2 Å². The van der Waals surface area contributed by atoms with Crippen LogP contribution in [0.1, 0.15) is 0 Å². The van der Waals surface area contributed by atoms with Gasteiger partial charge in [0.15, 0.2) is 0 Å². The highest BCUT2D eigenvalue weighted by Gasteiger charge is 2.21. The van der Waals surface area contributed by atoms with Gasteiger partial charge in [-0.05, 0) is 71.8 Å². The second-order valence-electron chi connectivity index (χ2n) is 10.5. The molecule has 0 fully saturated rings. The highest BCUT2D eigenvalue weighted by molar-refractivity contribution is 7.86. The number of aromatic hydroxyl groups is 2. The fourth-order valence-corrected chi connectivity index (χ4v) is 6.50. The van der Waals surface area contributed by atoms with E-state index in [1.54, 1.807) is 48.5 Å². The van der Waals surface area contributed by atoms with Gasteiger partial charge >= 0.3 is 0 Å². The van der Waals surface area contributed by atoms with E-state index >= 15 is 0 Å². The number of nitrogens with zero attached hydrogens (tertiary/aromatic N) is 4. The van der Waals surface area contributed by atoms with Crippen molar-refractivity contribution in [2.45, 2.75) is 9.79 Å². The molecule has 6 aromatic rings. The lowest BCUT2D eigenvalue weighted by Gasteiger charge is -2.10. The summed E-state index contributed by atoms with van der Waals surface area (Å²) in [5, 5.41) is 37.7. The summed E-state index contributed by atoms with van der Waals surface area (Å²) in [6.07, 6.45) is 0. The summed E-state index contributed by atoms with van der Waals surface area (Å²) in [6.45, 7) is 0. The highest BCUT2D eigenvalue weighted by Crippen LogP contribution is 2.43. The first-order chi connectivity index (χ1) is 22.7. The summed E-state index contributed by atoms with van der Waals surface area (Å²) < 4.78 is 66.6. The van der Waals surface area contributed by atoms with Crippen LogP contribution in [0.25, 0.3) is 32.7 Å². The predicted octanol–water partition coefficient (Wildman–Crippen LogP) is 7.56. The lowest BCUT2D eigenvalue weighted by molar-refractivity contribution is 0.477. The second kappa shape index (κ2) is 12.0. The van der Waals surface area contributed by atoms with Crippen molar-refractivity contribution >= 4 is 75.9 Å². The molecule has 0 aromatic heterocycles. The number of nitrogens with two attached hydrogens (primary N) is 2. The molecular weight excluding hydrogens is 661 g/mol. The largest absolute Gasteiger partial charge is 0.507 e. The van der Waals surface area contributed by atoms with Crippen LogP contribution >= 0.6 is 0 Å². The molecule has 6 rings (SSSR count). The van der Waals surface area contributed by atoms with Gasteiger partial charge in [-0.25, -0.2) is 0 Å². The van der Waals surface area contributed by atoms with Crippen molar-refractivity contribution in [3.63, 3.8) is 0 Å². The van der Waals surface area contributed by atoms with Gasteiger partial charge in [0, 0.05) is 10.8 Å². The first kappa shape index (κ1) is 32.0. The van der Waals surface area contributed by atoms with E-state index in [-0.39, 0.29) is 55.8 Å². The van der Waals surface area contributed by atoms with Crippen LogP contribution in [0.2, 0.25) is 0 Å². The summed E-state index contributed by atoms with van der Waals surface area (Å²) in [5.74, 6) is -0.580. The number of benzene rings is 6. The summed E-state index contributed by atoms with van der Waals surface area (Å²) in [6, 6.07) is 23.8. The number of fused-ring (bicyclic) bond motifs is 2. The van der Waals surface area contributed by atoms with Crippen molar-refractivity contribution in [1.29, 1.82) is 0 Å². The van der Waals surface area contributed by atoms with Gasteiger partial charge in [0.05, 0.1) is 33.5 Å². The Kier molecular flexibility index (Phi) is 8.01. The van der Waals surface area contributed by atoms with Gasteiger partial charge < -0.3 is 21.7 Å². The third-order valence-electron chi connectivity index (χ3n) is 7.40. The van der Waals surface area contributed by atoms with Crippen LogP contribution in [-0.4, -0.2) is 36.2 Å². The normalized spacial score (nSPS) is 12.5. The molecule has 242 valence electrons. The van der Waals surface area contributed by atoms with Crippen LogP contribution in [0.15, 0.2) is 127 Å². The van der Waals surface area contributed by atoms with E-state index in [9.17, 15) is 36.2 Å². The molecule has 48 heavy (non-hydrogen) atoms. The van der Waals surface area contributed by atoms with Crippen molar-refractivity contribution in [2.24, 2.45) is 20.5 Å². The minimum Gasteiger partial charge on any atom is -0.507 e. The van der Waals surface area contributed by atoms with Crippen molar-refractivity contribution in [3.8, 4) is 22.6 Å². The molecule has 0 unspecified atom stereocenters. The topological polar surface area (TPSA) is 251 Å². The highest BCUT2D eigenvalue weighted by atomic mass is 32.2. The lowest BCUT2D eigenvalue weighted by atomic mass is 10.1. The van der Waals surface area contributed by atoms with Crippen LogP contribution < -0.4 is 11.5 Å². The van der Waals surface area contributed by atoms with Crippen molar-refractivity contribution in [1.82, 2.24) is 0 Å². The standard InChI is InChI=1S/C32H24N6O8S2/c33-23-11-9-21-27(47(41,42)43)15-13-25(39)29(21)31(23)37-35-19-5-1-17(2-6-19)18-3-7-20(8-4-18)36-38-32-24(34)12-10-22-28(48(44,45)46)16-14-26(40)30(22)32/h1-16,39-40H,33-34H2,(H,41,42,43)(H,44,45,46). The molecule has 0 aliphatic carbocycles. The minimum absolute atomic E-state index is 0.0190. The molecule has 0 heterocycles. The van der Waals surface area contributed by atoms with Gasteiger partial charge in [-0.2, -0.15) is 27.1 Å². The smallest absolute Gasteiger partial charge is 0.295 e. The fourth-order valence-electron chi connectivity index (χ4n) is 5.12. The minimum atomic E-state index is -4.59. The average Bonchev–Trinajstić information content (AvgIpc) is 3.03. The van der Waals surface area contributed by atoms with E-state index in [1.807, 2.05) is 0 Å². The SMILES string of the molecule is Nc1ccc2c(S(=O)(=O)O)ccc(O)c2c1N=Nc1ccc(-c2ccc(N=Nc3c(N)ccc4c(S(=O)(=O)O)ccc(O)c34)cc2)cc1. The number of phenolic OH excluding ortho intramolecular Hbond substituents is 2. The summed E-state index contributed by atoms with van der Waals surface area (Å²) in [5.41, 5.74) is 15.0. The molecule has 0 saturated carbocycles. The van der Waals surface area contributed by atoms with E-state index < -0.39 is 30.0 Å². The van der Waals surface area contributed by atoms with Crippen LogP contribution in [0.3, 0.4) is 0 Å². The van der Waals surface area contributed by atoms with Gasteiger partial charge in [0.2, 0.25) is 0 Å². The molecule has 0 aliphatic heterocycles. The van der Waals surface area contributed by atoms with Gasteiger partial charge in [-0.15, -0.1) is 10.2 Å². The van der Waals surface area contributed by atoms with E-state index in [0.717, 1.165) is 35.4 Å². The zero-order valence-corrected chi connectivity index (χ0v) is 26.1. The van der Waals surface area contributed by atoms with Gasteiger partial charge in [0.1, 0.15) is 32.7 Å². The zero-order valence-electron chi connectivity index (χ0n) is 24.4. The van der Waals surface area contributed by atoms with Gasteiger partial charge in [-0.3, -0.25) is 9.11 Å². The number of hydrogen-bond acceptors (Lipinski definition) is 12. The molecule has 0 aliphatic rings. The Morgan fingerprint density at radius 3 is 1.15 bits per heavy atom. The quantitative estimate of drug-likeness (QED) is 0.0546. The van der Waals surface area contributed by atoms with E-state index in [0.29, 0.717) is 11.4 Å². The van der Waals surface area contributed by atoms with Crippen LogP contribution in [-0.2, 0) is 20.2 Å². The van der Waals surface area contributed by atoms with Gasteiger partial charge in [0.25, 0.3) is 20.2 Å². The Labute approximate surface area is 272 Å². The molecule has 0 atom stereocenters. The predicted molar refractivity (Wildman–Crippen MR) is 180 cm³/mol. The van der Waals surface area contributed by atoms with E-state index in [2.05, 4.69) is 20.5 Å². The number of rotatable bonds is 7. The number of hydrogen-bond donors (Lipinski definition) is 6. The maximum atomic E-state index is 11.8.